The summed E-state index contributed by atoms with van der Waals surface area (Å²) in [6.07, 6.45) is 0.317. The maximum absolute atomic E-state index is 13.4. The molecule has 1 heterocycles. The Hall–Kier alpha value is -3.15. The van der Waals surface area contributed by atoms with Gasteiger partial charge in [0.1, 0.15) is 17.6 Å². The first-order valence-corrected chi connectivity index (χ1v) is 8.17. The van der Waals surface area contributed by atoms with E-state index in [9.17, 15) is 14.0 Å². The van der Waals surface area contributed by atoms with Crippen LogP contribution in [0.5, 0.6) is 0 Å². The maximum Gasteiger partial charge on any atom is 0.328 e. The van der Waals surface area contributed by atoms with E-state index in [1.165, 1.54) is 19.2 Å². The Labute approximate surface area is 150 Å². The number of nitrogens with zero attached hydrogens (tertiary/aromatic N) is 1. The van der Waals surface area contributed by atoms with E-state index in [0.717, 1.165) is 11.1 Å². The zero-order valence-electron chi connectivity index (χ0n) is 14.5. The molecule has 0 unspecified atom stereocenters. The zero-order chi connectivity index (χ0) is 18.7. The minimum Gasteiger partial charge on any atom is -0.467 e. The van der Waals surface area contributed by atoms with Gasteiger partial charge in [-0.1, -0.05) is 30.3 Å². The average molecular weight is 354 g/mol. The number of amides is 1. The Bertz CT molecular complexity index is 950. The fourth-order valence-corrected chi connectivity index (χ4v) is 2.96. The van der Waals surface area contributed by atoms with Crippen LogP contribution in [-0.2, 0) is 23.0 Å². The summed E-state index contributed by atoms with van der Waals surface area (Å²) in [7, 11) is 3.01. The van der Waals surface area contributed by atoms with Crippen molar-refractivity contribution in [1.29, 1.82) is 0 Å². The Morgan fingerprint density at radius 2 is 1.88 bits per heavy atom. The Morgan fingerprint density at radius 1 is 1.15 bits per heavy atom. The van der Waals surface area contributed by atoms with Gasteiger partial charge < -0.3 is 14.6 Å². The Balaban J connectivity index is 1.85. The van der Waals surface area contributed by atoms with Crippen molar-refractivity contribution in [3.63, 3.8) is 0 Å². The van der Waals surface area contributed by atoms with Gasteiger partial charge in [0.05, 0.1) is 7.11 Å². The van der Waals surface area contributed by atoms with Crippen molar-refractivity contribution in [3.05, 3.63) is 71.7 Å². The summed E-state index contributed by atoms with van der Waals surface area (Å²) in [5, 5.41) is 3.34. The summed E-state index contributed by atoms with van der Waals surface area (Å²) in [5.41, 5.74) is 1.98. The third kappa shape index (κ3) is 3.59. The summed E-state index contributed by atoms with van der Waals surface area (Å²) < 4.78 is 19.9. The van der Waals surface area contributed by atoms with E-state index in [2.05, 4.69) is 5.32 Å². The van der Waals surface area contributed by atoms with Crippen LogP contribution in [0.25, 0.3) is 10.9 Å². The monoisotopic (exact) mass is 354 g/mol. The Kier molecular flexibility index (Phi) is 5.02. The van der Waals surface area contributed by atoms with E-state index in [-0.39, 0.29) is 5.82 Å². The van der Waals surface area contributed by atoms with Crippen LogP contribution in [0.1, 0.15) is 16.1 Å². The van der Waals surface area contributed by atoms with Crippen molar-refractivity contribution in [1.82, 2.24) is 9.88 Å². The van der Waals surface area contributed by atoms with Crippen molar-refractivity contribution in [2.45, 2.75) is 12.5 Å². The number of benzene rings is 2. The van der Waals surface area contributed by atoms with E-state index >= 15 is 0 Å². The molecule has 0 saturated carbocycles. The van der Waals surface area contributed by atoms with E-state index < -0.39 is 17.9 Å². The normalized spacial score (nSPS) is 12.0. The quantitative estimate of drug-likeness (QED) is 0.717. The molecule has 2 aromatic carbocycles. The fraction of sp³-hybridized carbons (Fsp3) is 0.200. The number of rotatable bonds is 5. The number of fused-ring (bicyclic) bond motifs is 1. The molecule has 5 nitrogen and oxygen atoms in total. The second kappa shape index (κ2) is 7.39. The third-order valence-corrected chi connectivity index (χ3v) is 4.31. The fourth-order valence-electron chi connectivity index (χ4n) is 2.96. The van der Waals surface area contributed by atoms with Crippen LogP contribution in [-0.4, -0.2) is 29.6 Å². The van der Waals surface area contributed by atoms with Gasteiger partial charge in [0.2, 0.25) is 0 Å². The SMILES string of the molecule is COC(=O)[C@H](Cc1ccccc1)NC(=O)c1cc2cc(F)ccc2n1C. The summed E-state index contributed by atoms with van der Waals surface area (Å²) in [6, 6.07) is 14.5. The van der Waals surface area contributed by atoms with Crippen LogP contribution in [0.2, 0.25) is 0 Å². The largest absolute Gasteiger partial charge is 0.467 e. The molecule has 0 aliphatic heterocycles. The standard InChI is InChI=1S/C20H19FN2O3/c1-23-17-9-8-15(21)11-14(17)12-18(23)19(24)22-16(20(25)26-2)10-13-6-4-3-5-7-13/h3-9,11-12,16H,10H2,1-2H3,(H,22,24)/t16-/m0/s1. The van der Waals surface area contributed by atoms with Crippen LogP contribution in [0.3, 0.4) is 0 Å². The average Bonchev–Trinajstić information content (AvgIpc) is 2.97. The van der Waals surface area contributed by atoms with E-state index in [4.69, 9.17) is 4.74 Å². The molecule has 6 heteroatoms. The predicted molar refractivity (Wildman–Crippen MR) is 96.3 cm³/mol. The number of carbonyl (C=O) groups is 2. The molecule has 1 N–H and O–H groups in total. The highest BCUT2D eigenvalue weighted by molar-refractivity contribution is 6.00. The van der Waals surface area contributed by atoms with Crippen LogP contribution in [0.15, 0.2) is 54.6 Å². The molecular formula is C20H19FN2O3. The number of esters is 1. The summed E-state index contributed by atoms with van der Waals surface area (Å²) in [6.45, 7) is 0. The van der Waals surface area contributed by atoms with Gasteiger partial charge in [0.25, 0.3) is 5.91 Å². The first-order chi connectivity index (χ1) is 12.5. The molecule has 0 radical (unpaired) electrons. The summed E-state index contributed by atoms with van der Waals surface area (Å²) >= 11 is 0. The first kappa shape index (κ1) is 17.7. The second-order valence-electron chi connectivity index (χ2n) is 6.03. The van der Waals surface area contributed by atoms with Gasteiger partial charge in [-0.15, -0.1) is 0 Å². The Morgan fingerprint density at radius 3 is 2.58 bits per heavy atom. The van der Waals surface area contributed by atoms with Gasteiger partial charge in [0, 0.05) is 24.4 Å². The lowest BCUT2D eigenvalue weighted by Gasteiger charge is -2.17. The van der Waals surface area contributed by atoms with E-state index in [1.807, 2.05) is 30.3 Å². The molecular weight excluding hydrogens is 335 g/mol. The number of aromatic nitrogens is 1. The molecule has 0 saturated heterocycles. The van der Waals surface area contributed by atoms with Crippen molar-refractivity contribution in [2.24, 2.45) is 7.05 Å². The summed E-state index contributed by atoms with van der Waals surface area (Å²) in [5.74, 6) is -1.31. The second-order valence-corrected chi connectivity index (χ2v) is 6.03. The van der Waals surface area contributed by atoms with Gasteiger partial charge in [-0.25, -0.2) is 9.18 Å². The van der Waals surface area contributed by atoms with Crippen molar-refractivity contribution in [3.8, 4) is 0 Å². The highest BCUT2D eigenvalue weighted by atomic mass is 19.1. The van der Waals surface area contributed by atoms with Crippen molar-refractivity contribution < 1.29 is 18.7 Å². The number of carbonyl (C=O) groups excluding carboxylic acids is 2. The lowest BCUT2D eigenvalue weighted by Crippen LogP contribution is -2.43. The number of methoxy groups -OCH3 is 1. The number of ether oxygens (including phenoxy) is 1. The number of nitrogens with one attached hydrogen (secondary N) is 1. The highest BCUT2D eigenvalue weighted by Crippen LogP contribution is 2.20. The summed E-state index contributed by atoms with van der Waals surface area (Å²) in [4.78, 5) is 24.8. The number of hydrogen-bond donors (Lipinski definition) is 1. The molecule has 1 amide bonds. The zero-order valence-corrected chi connectivity index (χ0v) is 14.5. The molecule has 0 aliphatic carbocycles. The molecule has 0 fully saturated rings. The van der Waals surface area contributed by atoms with E-state index in [0.29, 0.717) is 17.5 Å². The van der Waals surface area contributed by atoms with Crippen molar-refractivity contribution in [2.75, 3.05) is 7.11 Å². The molecule has 26 heavy (non-hydrogen) atoms. The lowest BCUT2D eigenvalue weighted by atomic mass is 10.1. The molecule has 3 rings (SSSR count). The molecule has 134 valence electrons. The molecule has 0 bridgehead atoms. The van der Waals surface area contributed by atoms with Crippen LogP contribution >= 0.6 is 0 Å². The predicted octanol–water partition coefficient (Wildman–Crippen LogP) is 2.83. The van der Waals surface area contributed by atoms with Gasteiger partial charge in [-0.2, -0.15) is 0 Å². The van der Waals surface area contributed by atoms with Crippen LogP contribution in [0.4, 0.5) is 4.39 Å². The number of halogens is 1. The lowest BCUT2D eigenvalue weighted by molar-refractivity contribution is -0.142. The number of aryl methyl sites for hydroxylation is 1. The van der Waals surface area contributed by atoms with Gasteiger partial charge >= 0.3 is 5.97 Å². The maximum atomic E-state index is 13.4. The van der Waals surface area contributed by atoms with Crippen molar-refractivity contribution >= 4 is 22.8 Å². The molecule has 1 aromatic heterocycles. The number of hydrogen-bond acceptors (Lipinski definition) is 3. The topological polar surface area (TPSA) is 60.3 Å². The highest BCUT2D eigenvalue weighted by Gasteiger charge is 2.24. The minimum absolute atomic E-state index is 0.317. The first-order valence-electron chi connectivity index (χ1n) is 8.17. The molecule has 3 aromatic rings. The van der Waals surface area contributed by atoms with Gasteiger partial charge in [-0.3, -0.25) is 4.79 Å². The molecule has 0 spiro atoms. The van der Waals surface area contributed by atoms with Crippen LogP contribution in [0, 0.1) is 5.82 Å². The van der Waals surface area contributed by atoms with E-state index in [1.54, 1.807) is 23.7 Å². The molecule has 1 atom stereocenters. The van der Waals surface area contributed by atoms with Gasteiger partial charge in [-0.05, 0) is 29.8 Å². The third-order valence-electron chi connectivity index (χ3n) is 4.31. The van der Waals surface area contributed by atoms with Gasteiger partial charge in [0.15, 0.2) is 0 Å². The minimum atomic E-state index is -0.815. The molecule has 0 aliphatic rings. The smallest absolute Gasteiger partial charge is 0.328 e. The van der Waals surface area contributed by atoms with Crippen LogP contribution < -0.4 is 5.32 Å².